The van der Waals surface area contributed by atoms with Gasteiger partial charge in [-0.25, -0.2) is 4.39 Å². The van der Waals surface area contributed by atoms with Gasteiger partial charge in [0.05, 0.1) is 11.4 Å². The summed E-state index contributed by atoms with van der Waals surface area (Å²) in [5.41, 5.74) is 0.0852. The number of hydrogen-bond donors (Lipinski definition) is 2. The van der Waals surface area contributed by atoms with E-state index in [9.17, 15) is 14.3 Å². The number of rotatable bonds is 7. The van der Waals surface area contributed by atoms with Crippen molar-refractivity contribution in [3.8, 4) is 0 Å². The molecule has 0 fully saturated rings. The first-order valence-corrected chi connectivity index (χ1v) is 8.76. The second-order valence-corrected chi connectivity index (χ2v) is 7.15. The van der Waals surface area contributed by atoms with Crippen LogP contribution < -0.4 is 5.32 Å². The van der Waals surface area contributed by atoms with Gasteiger partial charge in [0.15, 0.2) is 0 Å². The molecular formula is C16H18FNO2S2. The van der Waals surface area contributed by atoms with E-state index in [4.69, 9.17) is 0 Å². The van der Waals surface area contributed by atoms with Crippen LogP contribution in [0.3, 0.4) is 0 Å². The van der Waals surface area contributed by atoms with Crippen molar-refractivity contribution in [1.29, 1.82) is 0 Å². The molecule has 3 nitrogen and oxygen atoms in total. The summed E-state index contributed by atoms with van der Waals surface area (Å²) in [6.45, 7) is 1.91. The van der Waals surface area contributed by atoms with Gasteiger partial charge in [-0.3, -0.25) is 4.79 Å². The number of aliphatic hydroxyl groups is 1. The van der Waals surface area contributed by atoms with Crippen LogP contribution in [-0.2, 0) is 11.2 Å². The monoisotopic (exact) mass is 339 g/mol. The molecule has 0 aliphatic heterocycles. The Labute approximate surface area is 137 Å². The fourth-order valence-electron chi connectivity index (χ4n) is 1.92. The van der Waals surface area contributed by atoms with E-state index in [1.165, 1.54) is 23.9 Å². The second kappa shape index (κ2) is 7.76. The largest absolute Gasteiger partial charge is 0.388 e. The molecule has 1 aromatic carbocycles. The maximum atomic E-state index is 12.8. The number of nitrogens with one attached hydrogen (secondary N) is 1. The Bertz CT molecular complexity index is 597. The zero-order valence-corrected chi connectivity index (χ0v) is 13.8. The highest BCUT2D eigenvalue weighted by Gasteiger charge is 2.22. The number of thioether (sulfide) groups is 1. The molecule has 0 aliphatic carbocycles. The molecular weight excluding hydrogens is 321 g/mol. The molecule has 0 spiro atoms. The van der Waals surface area contributed by atoms with Crippen LogP contribution in [0.5, 0.6) is 0 Å². The minimum absolute atomic E-state index is 0.153. The van der Waals surface area contributed by atoms with E-state index in [1.807, 2.05) is 16.8 Å². The molecule has 0 radical (unpaired) electrons. The number of carbonyl (C=O) groups excluding carboxylic acids is 1. The summed E-state index contributed by atoms with van der Waals surface area (Å²) in [4.78, 5) is 12.7. The van der Waals surface area contributed by atoms with E-state index < -0.39 is 5.60 Å². The third-order valence-corrected chi connectivity index (χ3v) is 4.76. The predicted octanol–water partition coefficient (Wildman–Crippen LogP) is 3.09. The summed E-state index contributed by atoms with van der Waals surface area (Å²) in [5.74, 6) is -0.210. The van der Waals surface area contributed by atoms with E-state index >= 15 is 0 Å². The lowest BCUT2D eigenvalue weighted by molar-refractivity contribution is -0.119. The lowest BCUT2D eigenvalue weighted by atomic mass is 9.98. The van der Waals surface area contributed by atoms with Gasteiger partial charge in [-0.1, -0.05) is 0 Å². The average Bonchev–Trinajstić information content (AvgIpc) is 2.97. The number of benzene rings is 1. The highest BCUT2D eigenvalue weighted by Crippen LogP contribution is 2.18. The van der Waals surface area contributed by atoms with Gasteiger partial charge in [0.25, 0.3) is 0 Å². The van der Waals surface area contributed by atoms with Crippen molar-refractivity contribution < 1.29 is 14.3 Å². The summed E-state index contributed by atoms with van der Waals surface area (Å²) in [5, 5.41) is 17.0. The van der Waals surface area contributed by atoms with Crippen LogP contribution in [0.15, 0.2) is 46.0 Å². The quantitative estimate of drug-likeness (QED) is 0.762. The molecule has 1 atom stereocenters. The van der Waals surface area contributed by atoms with Crippen LogP contribution in [0.2, 0.25) is 0 Å². The summed E-state index contributed by atoms with van der Waals surface area (Å²) in [6.07, 6.45) is 0.502. The van der Waals surface area contributed by atoms with Crippen molar-refractivity contribution >= 4 is 29.0 Å². The van der Waals surface area contributed by atoms with Crippen LogP contribution in [-0.4, -0.2) is 28.9 Å². The molecule has 1 aromatic heterocycles. The van der Waals surface area contributed by atoms with Crippen LogP contribution >= 0.6 is 23.1 Å². The zero-order chi connectivity index (χ0) is 16.0. The minimum atomic E-state index is -0.975. The first-order chi connectivity index (χ1) is 10.4. The molecule has 2 rings (SSSR count). The average molecular weight is 339 g/mol. The number of thiophene rings is 1. The van der Waals surface area contributed by atoms with Gasteiger partial charge in [0, 0.05) is 17.9 Å². The molecule has 6 heteroatoms. The molecule has 2 aromatic rings. The Morgan fingerprint density at radius 2 is 2.09 bits per heavy atom. The molecule has 1 heterocycles. The summed E-state index contributed by atoms with van der Waals surface area (Å²) in [7, 11) is 0. The van der Waals surface area contributed by atoms with Gasteiger partial charge >= 0.3 is 0 Å². The molecule has 2 N–H and O–H groups in total. The molecule has 1 unspecified atom stereocenters. The third-order valence-electron chi connectivity index (χ3n) is 3.02. The molecule has 0 aliphatic rings. The Balaban J connectivity index is 1.73. The van der Waals surface area contributed by atoms with Gasteiger partial charge < -0.3 is 10.4 Å². The van der Waals surface area contributed by atoms with Crippen molar-refractivity contribution in [2.24, 2.45) is 0 Å². The standard InChI is InChI=1S/C16H18FNO2S2/c1-16(20,8-12-6-7-21-9-12)11-18-15(19)10-22-14-4-2-13(17)3-5-14/h2-7,9,20H,8,10-11H2,1H3,(H,18,19). The van der Waals surface area contributed by atoms with Crippen molar-refractivity contribution in [2.45, 2.75) is 23.8 Å². The first kappa shape index (κ1) is 17.0. The molecule has 22 heavy (non-hydrogen) atoms. The number of carbonyl (C=O) groups is 1. The van der Waals surface area contributed by atoms with Crippen LogP contribution in [0.1, 0.15) is 12.5 Å². The second-order valence-electron chi connectivity index (χ2n) is 5.32. The summed E-state index contributed by atoms with van der Waals surface area (Å²) >= 11 is 2.92. The molecule has 1 amide bonds. The van der Waals surface area contributed by atoms with Gasteiger partial charge in [-0.2, -0.15) is 11.3 Å². The van der Waals surface area contributed by atoms with Gasteiger partial charge in [-0.15, -0.1) is 11.8 Å². The summed E-state index contributed by atoms with van der Waals surface area (Å²) in [6, 6.07) is 7.98. The molecule has 0 saturated heterocycles. The van der Waals surface area contributed by atoms with Crippen molar-refractivity contribution in [2.75, 3.05) is 12.3 Å². The normalized spacial score (nSPS) is 13.6. The van der Waals surface area contributed by atoms with Crippen LogP contribution in [0.4, 0.5) is 4.39 Å². The topological polar surface area (TPSA) is 49.3 Å². The van der Waals surface area contributed by atoms with Crippen molar-refractivity contribution in [3.05, 3.63) is 52.5 Å². The Hall–Kier alpha value is -1.37. The fourth-order valence-corrected chi connectivity index (χ4v) is 3.31. The lowest BCUT2D eigenvalue weighted by Gasteiger charge is -2.23. The molecule has 118 valence electrons. The Morgan fingerprint density at radius 3 is 2.73 bits per heavy atom. The van der Waals surface area contributed by atoms with Gasteiger partial charge in [0.2, 0.25) is 5.91 Å². The summed E-state index contributed by atoms with van der Waals surface area (Å²) < 4.78 is 12.8. The van der Waals surface area contributed by atoms with Crippen molar-refractivity contribution in [1.82, 2.24) is 5.32 Å². The highest BCUT2D eigenvalue weighted by molar-refractivity contribution is 8.00. The number of halogens is 1. The Morgan fingerprint density at radius 1 is 1.36 bits per heavy atom. The first-order valence-electron chi connectivity index (χ1n) is 6.83. The number of amides is 1. The Kier molecular flexibility index (Phi) is 5.99. The highest BCUT2D eigenvalue weighted by atomic mass is 32.2. The van der Waals surface area contributed by atoms with E-state index in [1.54, 1.807) is 30.4 Å². The maximum absolute atomic E-state index is 12.8. The zero-order valence-electron chi connectivity index (χ0n) is 12.2. The molecule has 0 bridgehead atoms. The van der Waals surface area contributed by atoms with Crippen molar-refractivity contribution in [3.63, 3.8) is 0 Å². The minimum Gasteiger partial charge on any atom is -0.388 e. The lowest BCUT2D eigenvalue weighted by Crippen LogP contribution is -2.42. The number of hydrogen-bond acceptors (Lipinski definition) is 4. The van der Waals surface area contributed by atoms with Crippen LogP contribution in [0.25, 0.3) is 0 Å². The van der Waals surface area contributed by atoms with E-state index in [-0.39, 0.29) is 24.0 Å². The molecule has 0 saturated carbocycles. The van der Waals surface area contributed by atoms with Gasteiger partial charge in [-0.05, 0) is 53.6 Å². The smallest absolute Gasteiger partial charge is 0.230 e. The van der Waals surface area contributed by atoms with E-state index in [0.717, 1.165) is 10.5 Å². The van der Waals surface area contributed by atoms with E-state index in [2.05, 4.69) is 5.32 Å². The third kappa shape index (κ3) is 5.79. The SMILES string of the molecule is CC(O)(CNC(=O)CSc1ccc(F)cc1)Cc1ccsc1. The fraction of sp³-hybridized carbons (Fsp3) is 0.312. The predicted molar refractivity (Wildman–Crippen MR) is 88.8 cm³/mol. The maximum Gasteiger partial charge on any atom is 0.230 e. The van der Waals surface area contributed by atoms with Gasteiger partial charge in [0.1, 0.15) is 5.82 Å². The van der Waals surface area contributed by atoms with E-state index in [0.29, 0.717) is 6.42 Å². The van der Waals surface area contributed by atoms with Crippen LogP contribution in [0, 0.1) is 5.82 Å².